The minimum atomic E-state index is -0.891. The first-order chi connectivity index (χ1) is 11.1. The average molecular weight is 316 g/mol. The molecule has 0 aromatic carbocycles. The van der Waals surface area contributed by atoms with Gasteiger partial charge in [-0.25, -0.2) is 0 Å². The Labute approximate surface area is 135 Å². The number of piperazine rings is 1. The molecule has 3 rings (SSSR count). The lowest BCUT2D eigenvalue weighted by Crippen LogP contribution is -2.61. The fourth-order valence-corrected chi connectivity index (χ4v) is 3.38. The van der Waals surface area contributed by atoms with Crippen molar-refractivity contribution in [3.8, 4) is 6.07 Å². The number of aromatic nitrogens is 1. The molecule has 1 atom stereocenters. The number of hydrogen-bond donors (Lipinski definition) is 1. The van der Waals surface area contributed by atoms with E-state index in [0.29, 0.717) is 44.8 Å². The molecule has 0 aliphatic carbocycles. The van der Waals surface area contributed by atoms with E-state index in [9.17, 15) is 15.2 Å². The van der Waals surface area contributed by atoms with Gasteiger partial charge in [-0.3, -0.25) is 14.7 Å². The van der Waals surface area contributed by atoms with E-state index in [-0.39, 0.29) is 6.61 Å². The highest BCUT2D eigenvalue weighted by Crippen LogP contribution is 2.29. The van der Waals surface area contributed by atoms with Crippen LogP contribution in [-0.4, -0.2) is 65.9 Å². The minimum Gasteiger partial charge on any atom is -0.480 e. The summed E-state index contributed by atoms with van der Waals surface area (Å²) in [7, 11) is 0. The van der Waals surface area contributed by atoms with Crippen LogP contribution in [-0.2, 0) is 9.53 Å². The Kier molecular flexibility index (Phi) is 4.20. The molecule has 2 fully saturated rings. The summed E-state index contributed by atoms with van der Waals surface area (Å²) in [5.74, 6) is -0.805. The molecule has 0 radical (unpaired) electrons. The molecule has 3 heterocycles. The zero-order chi connectivity index (χ0) is 16.4. The Balaban J connectivity index is 1.75. The van der Waals surface area contributed by atoms with Crippen LogP contribution in [0.5, 0.6) is 0 Å². The number of carbonyl (C=O) groups is 1. The van der Waals surface area contributed by atoms with Crippen LogP contribution in [0, 0.1) is 18.3 Å². The highest BCUT2D eigenvalue weighted by Gasteiger charge is 2.48. The van der Waals surface area contributed by atoms with Crippen molar-refractivity contribution >= 4 is 11.7 Å². The molecule has 0 amide bonds. The van der Waals surface area contributed by atoms with Gasteiger partial charge < -0.3 is 14.7 Å². The summed E-state index contributed by atoms with van der Waals surface area (Å²) in [5, 5.41) is 18.9. The van der Waals surface area contributed by atoms with E-state index in [1.807, 2.05) is 17.9 Å². The fourth-order valence-electron chi connectivity index (χ4n) is 3.38. The first-order valence-corrected chi connectivity index (χ1v) is 7.75. The number of hydrogen-bond acceptors (Lipinski definition) is 6. The monoisotopic (exact) mass is 316 g/mol. The second kappa shape index (κ2) is 6.14. The standard InChI is InChI=1S/C16H20N4O3/c1-12-8-14(13(9-17)10-18-12)19-3-5-20(6-4-19)16(15(21)22)2-7-23-11-16/h8,10H,2-7,11H2,1H3,(H,21,22). The predicted octanol–water partition coefficient (Wildman–Crippen LogP) is 0.627. The molecule has 23 heavy (non-hydrogen) atoms. The first-order valence-electron chi connectivity index (χ1n) is 7.75. The molecule has 122 valence electrons. The number of nitrogens with zero attached hydrogens (tertiary/aromatic N) is 4. The summed E-state index contributed by atoms with van der Waals surface area (Å²) in [6.07, 6.45) is 2.13. The number of ether oxygens (including phenoxy) is 1. The van der Waals surface area contributed by atoms with Gasteiger partial charge in [0.15, 0.2) is 0 Å². The van der Waals surface area contributed by atoms with E-state index < -0.39 is 11.5 Å². The smallest absolute Gasteiger partial charge is 0.326 e. The van der Waals surface area contributed by atoms with Crippen LogP contribution in [0.15, 0.2) is 12.3 Å². The van der Waals surface area contributed by atoms with Crippen molar-refractivity contribution in [3.05, 3.63) is 23.5 Å². The molecule has 1 aromatic rings. The van der Waals surface area contributed by atoms with Gasteiger partial charge in [-0.2, -0.15) is 5.26 Å². The topological polar surface area (TPSA) is 89.7 Å². The predicted molar refractivity (Wildman–Crippen MR) is 83.3 cm³/mol. The van der Waals surface area contributed by atoms with Crippen LogP contribution in [0.25, 0.3) is 0 Å². The molecule has 0 spiro atoms. The summed E-state index contributed by atoms with van der Waals surface area (Å²) in [6, 6.07) is 4.10. The minimum absolute atomic E-state index is 0.250. The third kappa shape index (κ3) is 2.76. The SMILES string of the molecule is Cc1cc(N2CCN(C3(C(=O)O)CCOC3)CC2)c(C#N)cn1. The maximum atomic E-state index is 11.7. The van der Waals surface area contributed by atoms with Crippen molar-refractivity contribution in [1.29, 1.82) is 5.26 Å². The quantitative estimate of drug-likeness (QED) is 0.874. The summed E-state index contributed by atoms with van der Waals surface area (Å²) in [6.45, 7) is 5.30. The lowest BCUT2D eigenvalue weighted by molar-refractivity contribution is -0.152. The summed E-state index contributed by atoms with van der Waals surface area (Å²) in [5.41, 5.74) is 1.42. The highest BCUT2D eigenvalue weighted by atomic mass is 16.5. The van der Waals surface area contributed by atoms with E-state index in [4.69, 9.17) is 4.74 Å². The van der Waals surface area contributed by atoms with Crippen molar-refractivity contribution in [1.82, 2.24) is 9.88 Å². The Bertz CT molecular complexity index is 641. The zero-order valence-corrected chi connectivity index (χ0v) is 13.2. The van der Waals surface area contributed by atoms with Crippen LogP contribution in [0.3, 0.4) is 0 Å². The Morgan fingerprint density at radius 1 is 1.43 bits per heavy atom. The summed E-state index contributed by atoms with van der Waals surface area (Å²) in [4.78, 5) is 20.0. The fraction of sp³-hybridized carbons (Fsp3) is 0.562. The lowest BCUT2D eigenvalue weighted by Gasteiger charge is -2.43. The van der Waals surface area contributed by atoms with Gasteiger partial charge in [-0.15, -0.1) is 0 Å². The molecule has 0 bridgehead atoms. The molecule has 2 aliphatic rings. The molecule has 0 saturated carbocycles. The van der Waals surface area contributed by atoms with Gasteiger partial charge in [0, 0.05) is 51.1 Å². The van der Waals surface area contributed by atoms with Crippen molar-refractivity contribution in [2.45, 2.75) is 18.9 Å². The number of rotatable bonds is 3. The molecule has 7 heteroatoms. The Hall–Kier alpha value is -2.17. The van der Waals surface area contributed by atoms with Crippen molar-refractivity contribution in [3.63, 3.8) is 0 Å². The number of carboxylic acid groups (broad SMARTS) is 1. The second-order valence-electron chi connectivity index (χ2n) is 6.07. The number of pyridine rings is 1. The summed E-state index contributed by atoms with van der Waals surface area (Å²) >= 11 is 0. The number of nitriles is 1. The Morgan fingerprint density at radius 3 is 2.74 bits per heavy atom. The molecule has 2 aliphatic heterocycles. The van der Waals surface area contributed by atoms with Gasteiger partial charge in [0.2, 0.25) is 0 Å². The number of aryl methyl sites for hydroxylation is 1. The Morgan fingerprint density at radius 2 is 2.17 bits per heavy atom. The van der Waals surface area contributed by atoms with Gasteiger partial charge in [-0.05, 0) is 13.0 Å². The van der Waals surface area contributed by atoms with Gasteiger partial charge in [-0.1, -0.05) is 0 Å². The maximum absolute atomic E-state index is 11.7. The lowest BCUT2D eigenvalue weighted by atomic mass is 9.95. The molecule has 1 N–H and O–H groups in total. The largest absolute Gasteiger partial charge is 0.480 e. The summed E-state index contributed by atoms with van der Waals surface area (Å²) < 4.78 is 5.35. The second-order valence-corrected chi connectivity index (χ2v) is 6.07. The highest BCUT2D eigenvalue weighted by molar-refractivity contribution is 5.79. The van der Waals surface area contributed by atoms with Crippen LogP contribution in [0.1, 0.15) is 17.7 Å². The van der Waals surface area contributed by atoms with Crippen molar-refractivity contribution in [2.24, 2.45) is 0 Å². The van der Waals surface area contributed by atoms with Crippen LogP contribution in [0.4, 0.5) is 5.69 Å². The number of aliphatic carboxylic acids is 1. The molecule has 7 nitrogen and oxygen atoms in total. The van der Waals surface area contributed by atoms with E-state index >= 15 is 0 Å². The van der Waals surface area contributed by atoms with E-state index in [1.165, 1.54) is 0 Å². The normalized spacial score (nSPS) is 25.3. The molecular formula is C16H20N4O3. The van der Waals surface area contributed by atoms with Crippen LogP contribution in [0.2, 0.25) is 0 Å². The van der Waals surface area contributed by atoms with Gasteiger partial charge in [0.1, 0.15) is 11.6 Å². The molecule has 1 unspecified atom stereocenters. The van der Waals surface area contributed by atoms with Crippen molar-refractivity contribution in [2.75, 3.05) is 44.3 Å². The average Bonchev–Trinajstić information content (AvgIpc) is 3.06. The van der Waals surface area contributed by atoms with Gasteiger partial charge in [0.05, 0.1) is 17.9 Å². The molecule has 2 saturated heterocycles. The number of anilines is 1. The first kappa shape index (κ1) is 15.7. The van der Waals surface area contributed by atoms with E-state index in [1.54, 1.807) is 6.20 Å². The van der Waals surface area contributed by atoms with Gasteiger partial charge in [0.25, 0.3) is 0 Å². The molecular weight excluding hydrogens is 296 g/mol. The number of carboxylic acids is 1. The van der Waals surface area contributed by atoms with Gasteiger partial charge >= 0.3 is 5.97 Å². The van der Waals surface area contributed by atoms with Crippen LogP contribution >= 0.6 is 0 Å². The van der Waals surface area contributed by atoms with E-state index in [0.717, 1.165) is 11.4 Å². The molecule has 1 aromatic heterocycles. The zero-order valence-electron chi connectivity index (χ0n) is 13.2. The van der Waals surface area contributed by atoms with Crippen molar-refractivity contribution < 1.29 is 14.6 Å². The third-order valence-corrected chi connectivity index (χ3v) is 4.76. The maximum Gasteiger partial charge on any atom is 0.326 e. The third-order valence-electron chi connectivity index (χ3n) is 4.76. The van der Waals surface area contributed by atoms with E-state index in [2.05, 4.69) is 16.0 Å². The van der Waals surface area contributed by atoms with Crippen LogP contribution < -0.4 is 4.90 Å².